The Balaban J connectivity index is 1.49. The van der Waals surface area contributed by atoms with E-state index in [1.165, 1.54) is 30.3 Å². The fourth-order valence-electron chi connectivity index (χ4n) is 3.56. The molecule has 0 N–H and O–H groups in total. The summed E-state index contributed by atoms with van der Waals surface area (Å²) < 4.78 is 26.4. The van der Waals surface area contributed by atoms with E-state index in [4.69, 9.17) is 9.15 Å². The van der Waals surface area contributed by atoms with Gasteiger partial charge in [-0.15, -0.1) is 0 Å². The Morgan fingerprint density at radius 2 is 2.00 bits per heavy atom. The van der Waals surface area contributed by atoms with Gasteiger partial charge in [0, 0.05) is 0 Å². The van der Waals surface area contributed by atoms with E-state index in [-0.39, 0.29) is 23.6 Å². The molecule has 1 fully saturated rings. The second-order valence-corrected chi connectivity index (χ2v) is 8.08. The van der Waals surface area contributed by atoms with Crippen molar-refractivity contribution in [3.8, 4) is 11.3 Å². The van der Waals surface area contributed by atoms with Crippen molar-refractivity contribution in [3.05, 3.63) is 60.4 Å². The minimum atomic E-state index is -0.286. The number of nitrogens with zero attached hydrogens (tertiary/aromatic N) is 2. The molecule has 0 saturated heterocycles. The van der Waals surface area contributed by atoms with Gasteiger partial charge in [-0.05, 0) is 67.6 Å². The molecule has 1 aromatic carbocycles. The maximum atomic E-state index is 13.3. The van der Waals surface area contributed by atoms with Gasteiger partial charge in [0.25, 0.3) is 0 Å². The van der Waals surface area contributed by atoms with E-state index in [0.29, 0.717) is 11.7 Å². The lowest BCUT2D eigenvalue weighted by atomic mass is 9.98. The Labute approximate surface area is 173 Å². The van der Waals surface area contributed by atoms with Gasteiger partial charge in [0.1, 0.15) is 17.7 Å². The van der Waals surface area contributed by atoms with Crippen molar-refractivity contribution in [1.29, 1.82) is 0 Å². The van der Waals surface area contributed by atoms with Crippen LogP contribution in [0.1, 0.15) is 37.9 Å². The van der Waals surface area contributed by atoms with E-state index in [1.54, 1.807) is 24.6 Å². The summed E-state index contributed by atoms with van der Waals surface area (Å²) in [5, 5.41) is 0.696. The number of benzene rings is 1. The van der Waals surface area contributed by atoms with E-state index >= 15 is 0 Å². The molecule has 2 heterocycles. The van der Waals surface area contributed by atoms with Gasteiger partial charge in [-0.2, -0.15) is 0 Å². The summed E-state index contributed by atoms with van der Waals surface area (Å²) in [6, 6.07) is 10.0. The Kier molecular flexibility index (Phi) is 6.34. The third-order valence-electron chi connectivity index (χ3n) is 5.02. The number of ether oxygens (including phenoxy) is 1. The summed E-state index contributed by atoms with van der Waals surface area (Å²) in [5.74, 6) is 0.482. The minimum absolute atomic E-state index is 0.0505. The number of hydrogen-bond acceptors (Lipinski definition) is 5. The van der Waals surface area contributed by atoms with Crippen LogP contribution in [0.2, 0.25) is 0 Å². The van der Waals surface area contributed by atoms with E-state index in [2.05, 4.69) is 4.98 Å². The standard InChI is InChI=1S/C22H23FN2O3S/c23-17-10-8-16(9-11-17)20-13-24-22(25(20)14-19-7-4-12-27-19)29-15-21(26)28-18-5-2-1-3-6-18/h4,7-13,18H,1-3,5-6,14-15H2. The van der Waals surface area contributed by atoms with Crippen LogP contribution >= 0.6 is 11.8 Å². The number of imidazole rings is 1. The highest BCUT2D eigenvalue weighted by Gasteiger charge is 2.20. The molecule has 152 valence electrons. The molecule has 0 bridgehead atoms. The highest BCUT2D eigenvalue weighted by molar-refractivity contribution is 7.99. The fourth-order valence-corrected chi connectivity index (χ4v) is 4.32. The number of esters is 1. The fraction of sp³-hybridized carbons (Fsp3) is 0.364. The summed E-state index contributed by atoms with van der Waals surface area (Å²) in [6.45, 7) is 0.472. The van der Waals surface area contributed by atoms with Gasteiger partial charge < -0.3 is 13.7 Å². The number of thioether (sulfide) groups is 1. The van der Waals surface area contributed by atoms with Crippen molar-refractivity contribution in [3.63, 3.8) is 0 Å². The quantitative estimate of drug-likeness (QED) is 0.388. The Bertz CT molecular complexity index is 932. The van der Waals surface area contributed by atoms with Crippen LogP contribution < -0.4 is 0 Å². The summed E-state index contributed by atoms with van der Waals surface area (Å²) >= 11 is 1.35. The van der Waals surface area contributed by atoms with Crippen LogP contribution in [0.4, 0.5) is 4.39 Å². The van der Waals surface area contributed by atoms with Crippen LogP contribution in [0.15, 0.2) is 58.4 Å². The summed E-state index contributed by atoms with van der Waals surface area (Å²) in [4.78, 5) is 16.8. The van der Waals surface area contributed by atoms with Crippen molar-refractivity contribution in [2.24, 2.45) is 0 Å². The molecule has 0 radical (unpaired) electrons. The zero-order valence-electron chi connectivity index (χ0n) is 16.1. The molecule has 1 aliphatic rings. The Hall–Kier alpha value is -2.54. The van der Waals surface area contributed by atoms with Gasteiger partial charge in [0.05, 0.1) is 30.5 Å². The van der Waals surface area contributed by atoms with Gasteiger partial charge >= 0.3 is 5.97 Å². The van der Waals surface area contributed by atoms with Gasteiger partial charge in [-0.25, -0.2) is 9.37 Å². The molecule has 4 rings (SSSR count). The molecule has 0 unspecified atom stereocenters. The van der Waals surface area contributed by atoms with Gasteiger partial charge in [-0.3, -0.25) is 4.79 Å². The predicted molar refractivity (Wildman–Crippen MR) is 109 cm³/mol. The first-order valence-corrected chi connectivity index (χ1v) is 10.8. The molecule has 0 atom stereocenters. The van der Waals surface area contributed by atoms with Gasteiger partial charge in [0.15, 0.2) is 5.16 Å². The second kappa shape index (κ2) is 9.31. The monoisotopic (exact) mass is 414 g/mol. The summed E-state index contributed by atoms with van der Waals surface area (Å²) in [6.07, 6.45) is 8.80. The first kappa shape index (κ1) is 19.8. The predicted octanol–water partition coefficient (Wildman–Crippen LogP) is 5.30. The van der Waals surface area contributed by atoms with Crippen molar-refractivity contribution in [1.82, 2.24) is 9.55 Å². The zero-order chi connectivity index (χ0) is 20.1. The average Bonchev–Trinajstić information content (AvgIpc) is 3.38. The van der Waals surface area contributed by atoms with Crippen LogP contribution in [-0.4, -0.2) is 27.4 Å². The van der Waals surface area contributed by atoms with Crippen molar-refractivity contribution in [2.75, 3.05) is 5.75 Å². The van der Waals surface area contributed by atoms with E-state index < -0.39 is 0 Å². The topological polar surface area (TPSA) is 57.3 Å². The van der Waals surface area contributed by atoms with Crippen LogP contribution in [0.3, 0.4) is 0 Å². The van der Waals surface area contributed by atoms with Crippen molar-refractivity contribution in [2.45, 2.75) is 49.9 Å². The largest absolute Gasteiger partial charge is 0.467 e. The molecular weight excluding hydrogens is 391 g/mol. The lowest BCUT2D eigenvalue weighted by Crippen LogP contribution is -2.22. The van der Waals surface area contributed by atoms with Gasteiger partial charge in [0.2, 0.25) is 0 Å². The molecule has 2 aromatic heterocycles. The average molecular weight is 415 g/mol. The summed E-state index contributed by atoms with van der Waals surface area (Å²) in [7, 11) is 0. The number of rotatable bonds is 7. The van der Waals surface area contributed by atoms with E-state index in [9.17, 15) is 9.18 Å². The third-order valence-corrected chi connectivity index (χ3v) is 5.99. The molecule has 5 nitrogen and oxygen atoms in total. The number of aromatic nitrogens is 2. The number of furan rings is 1. The highest BCUT2D eigenvalue weighted by atomic mass is 32.2. The van der Waals surface area contributed by atoms with E-state index in [0.717, 1.165) is 42.7 Å². The molecule has 1 saturated carbocycles. The van der Waals surface area contributed by atoms with Crippen LogP contribution in [0.25, 0.3) is 11.3 Å². The second-order valence-electron chi connectivity index (χ2n) is 7.14. The van der Waals surface area contributed by atoms with Gasteiger partial charge in [-0.1, -0.05) is 18.2 Å². The number of hydrogen-bond donors (Lipinski definition) is 0. The van der Waals surface area contributed by atoms with Crippen LogP contribution in [0, 0.1) is 5.82 Å². The molecule has 1 aliphatic carbocycles. The SMILES string of the molecule is O=C(CSc1ncc(-c2ccc(F)cc2)n1Cc1ccco1)OC1CCCCC1. The smallest absolute Gasteiger partial charge is 0.316 e. The van der Waals surface area contributed by atoms with Crippen molar-refractivity contribution >= 4 is 17.7 Å². The lowest BCUT2D eigenvalue weighted by Gasteiger charge is -2.21. The summed E-state index contributed by atoms with van der Waals surface area (Å²) in [5.41, 5.74) is 1.69. The molecular formula is C22H23FN2O3S. The highest BCUT2D eigenvalue weighted by Crippen LogP contribution is 2.28. The first-order valence-electron chi connectivity index (χ1n) is 9.85. The zero-order valence-corrected chi connectivity index (χ0v) is 16.9. The number of carbonyl (C=O) groups is 1. The molecule has 0 spiro atoms. The Morgan fingerprint density at radius 1 is 1.21 bits per heavy atom. The van der Waals surface area contributed by atoms with E-state index in [1.807, 2.05) is 16.7 Å². The first-order chi connectivity index (χ1) is 14.2. The van der Waals surface area contributed by atoms with Crippen LogP contribution in [-0.2, 0) is 16.1 Å². The maximum Gasteiger partial charge on any atom is 0.316 e. The number of halogens is 1. The van der Waals surface area contributed by atoms with Crippen LogP contribution in [0.5, 0.6) is 0 Å². The minimum Gasteiger partial charge on any atom is -0.467 e. The molecule has 29 heavy (non-hydrogen) atoms. The normalized spacial score (nSPS) is 14.8. The third kappa shape index (κ3) is 5.09. The molecule has 7 heteroatoms. The lowest BCUT2D eigenvalue weighted by molar-refractivity contribution is -0.147. The molecule has 3 aromatic rings. The maximum absolute atomic E-state index is 13.3. The number of carbonyl (C=O) groups excluding carboxylic acids is 1. The molecule has 0 aliphatic heterocycles. The Morgan fingerprint density at radius 3 is 2.72 bits per heavy atom. The van der Waals surface area contributed by atoms with Crippen molar-refractivity contribution < 1.29 is 18.3 Å². The molecule has 0 amide bonds.